The van der Waals surface area contributed by atoms with E-state index in [9.17, 15) is 19.2 Å². The van der Waals surface area contributed by atoms with E-state index < -0.39 is 5.97 Å². The summed E-state index contributed by atoms with van der Waals surface area (Å²) in [4.78, 5) is 52.5. The second-order valence-electron chi connectivity index (χ2n) is 11.5. The van der Waals surface area contributed by atoms with Crippen molar-refractivity contribution in [1.29, 1.82) is 0 Å². The van der Waals surface area contributed by atoms with Gasteiger partial charge in [0.25, 0.3) is 17.7 Å². The van der Waals surface area contributed by atoms with Gasteiger partial charge in [0, 0.05) is 48.5 Å². The Hall–Kier alpha value is -4.80. The van der Waals surface area contributed by atoms with Crippen molar-refractivity contribution in [2.24, 2.45) is 0 Å². The van der Waals surface area contributed by atoms with Crippen LogP contribution < -0.4 is 10.6 Å². The van der Waals surface area contributed by atoms with Gasteiger partial charge >= 0.3 is 5.97 Å². The van der Waals surface area contributed by atoms with E-state index in [0.717, 1.165) is 38.2 Å². The molecule has 260 valence electrons. The minimum Gasteiger partial charge on any atom is -0.478 e. The van der Waals surface area contributed by atoms with E-state index in [2.05, 4.69) is 22.6 Å². The quantitative estimate of drug-likeness (QED) is 0.149. The van der Waals surface area contributed by atoms with Crippen LogP contribution in [0.15, 0.2) is 91.4 Å². The van der Waals surface area contributed by atoms with Crippen LogP contribution >= 0.6 is 48.0 Å². The van der Waals surface area contributed by atoms with E-state index in [1.807, 2.05) is 35.2 Å². The van der Waals surface area contributed by atoms with Gasteiger partial charge in [-0.25, -0.2) is 4.79 Å². The van der Waals surface area contributed by atoms with Gasteiger partial charge in [0.1, 0.15) is 31.7 Å². The van der Waals surface area contributed by atoms with Crippen LogP contribution in [0.4, 0.5) is 0 Å². The van der Waals surface area contributed by atoms with Gasteiger partial charge in [0.15, 0.2) is 0 Å². The van der Waals surface area contributed by atoms with E-state index in [1.54, 1.807) is 42.5 Å². The lowest BCUT2D eigenvalue weighted by molar-refractivity contribution is -0.116. The molecule has 0 unspecified atom stereocenters. The molecule has 3 saturated heterocycles. The molecule has 0 spiro atoms. The molecule has 5 heterocycles. The molecule has 51 heavy (non-hydrogen) atoms. The number of carbonyl (C=O) groups excluding carboxylic acids is 3. The second kappa shape index (κ2) is 16.0. The average molecular weight is 759 g/mol. The fourth-order valence-corrected chi connectivity index (χ4v) is 7.36. The molecule has 3 aliphatic rings. The zero-order valence-electron chi connectivity index (χ0n) is 27.0. The summed E-state index contributed by atoms with van der Waals surface area (Å²) in [7, 11) is 2.08. The Kier molecular flexibility index (Phi) is 11.3. The van der Waals surface area contributed by atoms with Gasteiger partial charge in [-0.3, -0.25) is 14.4 Å². The summed E-state index contributed by atoms with van der Waals surface area (Å²) < 4.78 is 12.4. The summed E-state index contributed by atoms with van der Waals surface area (Å²) in [6.07, 6.45) is 4.25. The fourth-order valence-electron chi connectivity index (χ4n) is 5.31. The van der Waals surface area contributed by atoms with Crippen molar-refractivity contribution in [3.63, 3.8) is 0 Å². The normalized spacial score (nSPS) is 18.0. The van der Waals surface area contributed by atoms with Crippen LogP contribution in [0.1, 0.15) is 38.7 Å². The number of hydrogen-bond donors (Lipinski definition) is 3. The van der Waals surface area contributed by atoms with Crippen molar-refractivity contribution in [2.45, 2.75) is 6.42 Å². The molecule has 3 amide bonds. The lowest BCUT2D eigenvalue weighted by Crippen LogP contribution is -2.34. The number of carboxylic acids is 1. The lowest BCUT2D eigenvalue weighted by Gasteiger charge is -2.20. The van der Waals surface area contributed by atoms with E-state index in [-0.39, 0.29) is 23.3 Å². The molecule has 0 aliphatic carbocycles. The van der Waals surface area contributed by atoms with Crippen LogP contribution in [-0.2, 0) is 9.59 Å². The lowest BCUT2D eigenvalue weighted by atomic mass is 10.1. The Morgan fingerprint density at radius 1 is 0.745 bits per heavy atom. The van der Waals surface area contributed by atoms with Crippen molar-refractivity contribution in [3.05, 3.63) is 105 Å². The number of amides is 3. The molecular formula is C36H30N4O7S4. The number of nitrogens with one attached hydrogen (secondary N) is 2. The molecular weight excluding hydrogens is 729 g/mol. The summed E-state index contributed by atoms with van der Waals surface area (Å²) in [6.45, 7) is 3.40. The van der Waals surface area contributed by atoms with Crippen molar-refractivity contribution in [1.82, 2.24) is 20.4 Å². The molecule has 0 radical (unpaired) electrons. The van der Waals surface area contributed by atoms with Crippen molar-refractivity contribution >= 4 is 92.4 Å². The molecule has 2 aromatic heterocycles. The van der Waals surface area contributed by atoms with Crippen LogP contribution in [0.2, 0.25) is 0 Å². The Bertz CT molecular complexity index is 2120. The highest BCUT2D eigenvalue weighted by Gasteiger charge is 2.24. The molecule has 15 heteroatoms. The summed E-state index contributed by atoms with van der Waals surface area (Å²) in [5.74, 6) is 0.822. The van der Waals surface area contributed by atoms with Crippen LogP contribution in [0, 0.1) is 0 Å². The fraction of sp³-hybridized carbons (Fsp3) is 0.167. The molecule has 0 atom stereocenters. The van der Waals surface area contributed by atoms with E-state index >= 15 is 0 Å². The number of benzene rings is 2. The van der Waals surface area contributed by atoms with E-state index in [0.29, 0.717) is 52.6 Å². The van der Waals surface area contributed by atoms with Crippen molar-refractivity contribution in [2.75, 3.05) is 33.2 Å². The third kappa shape index (κ3) is 9.11. The number of nitrogens with zero attached hydrogens (tertiary/aromatic N) is 2. The molecule has 3 N–H and O–H groups in total. The van der Waals surface area contributed by atoms with E-state index in [4.69, 9.17) is 38.4 Å². The first-order valence-corrected chi connectivity index (χ1v) is 18.1. The van der Waals surface area contributed by atoms with E-state index in [1.165, 1.54) is 35.7 Å². The molecule has 0 bridgehead atoms. The number of likely N-dealkylation sites (N-methyl/N-ethyl adjacent to an activating group) is 1. The Morgan fingerprint density at radius 2 is 1.27 bits per heavy atom. The summed E-state index contributed by atoms with van der Waals surface area (Å²) in [5, 5.41) is 14.1. The second-order valence-corrected chi connectivity index (χ2v) is 15.0. The number of aromatic carboxylic acids is 1. The van der Waals surface area contributed by atoms with Crippen LogP contribution in [0.3, 0.4) is 0 Å². The highest BCUT2D eigenvalue weighted by molar-refractivity contribution is 8.27. The highest BCUT2D eigenvalue weighted by atomic mass is 32.2. The SMILES string of the molecule is CN1CCCN(C(=O)c2cccc(-c3ccc(/C=C4\SC(=S)NC4=O)o3)c2)CC1.O=C1NC(=S)S/C1=C\c1ccc(-c2cccc(C(=O)O)c2)o1. The van der Waals surface area contributed by atoms with Gasteiger partial charge in [0.05, 0.1) is 15.4 Å². The zero-order chi connectivity index (χ0) is 36.1. The average Bonchev–Trinajstić information content (AvgIpc) is 3.88. The van der Waals surface area contributed by atoms with Crippen LogP contribution in [0.25, 0.3) is 34.8 Å². The zero-order valence-corrected chi connectivity index (χ0v) is 30.3. The number of hydrogen-bond acceptors (Lipinski definition) is 11. The first kappa shape index (κ1) is 36.0. The highest BCUT2D eigenvalue weighted by Crippen LogP contribution is 2.31. The third-order valence-corrected chi connectivity index (χ3v) is 10.2. The standard InChI is InChI=1S/C21H21N3O3S2.C15H9NO4S2/c1-23-8-3-9-24(11-10-23)20(26)15-5-2-4-14(12-15)17-7-6-16(27-17)13-18-19(25)22-21(28)29-18;17-13-12(22-15(21)16-13)7-10-4-5-11(20-10)8-2-1-3-9(6-8)14(18)19/h2,4-7,12-13H,3,8-11H2,1H3,(H,22,25,28);1-7H,(H,18,19)(H,16,17,21)/b18-13-;12-7-. The summed E-state index contributed by atoms with van der Waals surface area (Å²) >= 11 is 12.3. The first-order chi connectivity index (χ1) is 24.5. The van der Waals surface area contributed by atoms with Gasteiger partial charge in [-0.1, -0.05) is 72.2 Å². The van der Waals surface area contributed by atoms with Gasteiger partial charge in [-0.05, 0) is 68.5 Å². The Labute approximate surface area is 312 Å². The molecule has 0 saturated carbocycles. The van der Waals surface area contributed by atoms with Gasteiger partial charge in [0.2, 0.25) is 0 Å². The topological polar surface area (TPSA) is 145 Å². The molecule has 2 aromatic carbocycles. The number of carboxylic acid groups (broad SMARTS) is 1. The number of furan rings is 2. The Balaban J connectivity index is 0.000000183. The number of carbonyl (C=O) groups is 4. The molecule has 7 rings (SSSR count). The minimum absolute atomic E-state index is 0.0450. The van der Waals surface area contributed by atoms with Crippen molar-refractivity contribution in [3.8, 4) is 22.6 Å². The smallest absolute Gasteiger partial charge is 0.335 e. The summed E-state index contributed by atoms with van der Waals surface area (Å²) in [5.41, 5.74) is 2.32. The first-order valence-electron chi connectivity index (χ1n) is 15.6. The number of rotatable bonds is 6. The third-order valence-electron chi connectivity index (χ3n) is 7.88. The Morgan fingerprint density at radius 3 is 1.78 bits per heavy atom. The van der Waals surface area contributed by atoms with Crippen molar-refractivity contribution < 1.29 is 33.1 Å². The molecule has 11 nitrogen and oxygen atoms in total. The van der Waals surface area contributed by atoms with Gasteiger partial charge in [-0.15, -0.1) is 0 Å². The number of thiocarbonyl (C=S) groups is 2. The predicted molar refractivity (Wildman–Crippen MR) is 206 cm³/mol. The molecule has 4 aromatic rings. The predicted octanol–water partition coefficient (Wildman–Crippen LogP) is 6.35. The summed E-state index contributed by atoms with van der Waals surface area (Å²) in [6, 6.07) is 21.0. The minimum atomic E-state index is -0.997. The maximum absolute atomic E-state index is 13.0. The molecule has 3 fully saturated rings. The maximum Gasteiger partial charge on any atom is 0.335 e. The largest absolute Gasteiger partial charge is 0.478 e. The van der Waals surface area contributed by atoms with Gasteiger partial charge in [-0.2, -0.15) is 0 Å². The monoisotopic (exact) mass is 758 g/mol. The molecule has 3 aliphatic heterocycles. The van der Waals surface area contributed by atoms with Gasteiger partial charge < -0.3 is 34.4 Å². The van der Waals surface area contributed by atoms with Crippen LogP contribution in [0.5, 0.6) is 0 Å². The van der Waals surface area contributed by atoms with Crippen LogP contribution in [-0.4, -0.2) is 80.5 Å². The maximum atomic E-state index is 13.0. The number of thioether (sulfide) groups is 2.